The van der Waals surface area contributed by atoms with Gasteiger partial charge >= 0.3 is 5.97 Å². The molecule has 0 radical (unpaired) electrons. The van der Waals surface area contributed by atoms with E-state index in [9.17, 15) is 4.79 Å². The maximum Gasteiger partial charge on any atom is 0.338 e. The minimum absolute atomic E-state index is 0. The van der Waals surface area contributed by atoms with E-state index in [0.29, 0.717) is 27.7 Å². The first-order chi connectivity index (χ1) is 10.1. The van der Waals surface area contributed by atoms with Gasteiger partial charge in [0, 0.05) is 35.0 Å². The van der Waals surface area contributed by atoms with Crippen LogP contribution in [0.2, 0.25) is 10.0 Å². The molecule has 1 N–H and O–H groups in total. The molecule has 1 aromatic carbocycles. The number of piperidine rings is 1. The highest BCUT2D eigenvalue weighted by atomic mass is 35.5. The molecule has 2 atom stereocenters. The van der Waals surface area contributed by atoms with Crippen LogP contribution in [-0.4, -0.2) is 35.4 Å². The molecule has 2 saturated heterocycles. The fourth-order valence-corrected chi connectivity index (χ4v) is 3.89. The minimum atomic E-state index is -0.382. The van der Waals surface area contributed by atoms with Gasteiger partial charge in [0.2, 0.25) is 0 Å². The molecule has 7 heteroatoms. The van der Waals surface area contributed by atoms with Gasteiger partial charge in [-0.05, 0) is 31.0 Å². The van der Waals surface area contributed by atoms with Crippen molar-refractivity contribution in [2.75, 3.05) is 0 Å². The number of ether oxygens (including phenoxy) is 1. The first-order valence-electron chi connectivity index (χ1n) is 7.02. The maximum atomic E-state index is 12.2. The number of carbonyl (C=O) groups is 1. The Labute approximate surface area is 145 Å². The summed E-state index contributed by atoms with van der Waals surface area (Å²) in [6.45, 7) is 0. The number of nitrogens with one attached hydrogen (secondary N) is 1. The molecule has 120 valence electrons. The van der Waals surface area contributed by atoms with Crippen molar-refractivity contribution < 1.29 is 9.53 Å². The Bertz CT molecular complexity index is 548. The van der Waals surface area contributed by atoms with E-state index < -0.39 is 0 Å². The molecular weight excluding hydrogens is 347 g/mol. The molecule has 2 unspecified atom stereocenters. The second kappa shape index (κ2) is 7.07. The SMILES string of the molecule is Cl.N=CN1C2CCC1CC(OC(=O)c1cc(Cl)cc(Cl)c1)C2. The fourth-order valence-electron chi connectivity index (χ4n) is 3.36. The molecule has 0 aliphatic carbocycles. The normalized spacial score (nSPS) is 26.3. The highest BCUT2D eigenvalue weighted by Gasteiger charge is 2.40. The summed E-state index contributed by atoms with van der Waals surface area (Å²) in [6.07, 6.45) is 5.02. The molecule has 2 bridgehead atoms. The summed E-state index contributed by atoms with van der Waals surface area (Å²) in [5.74, 6) is -0.382. The van der Waals surface area contributed by atoms with Crippen LogP contribution in [0.5, 0.6) is 0 Å². The quantitative estimate of drug-likeness (QED) is 0.498. The smallest absolute Gasteiger partial charge is 0.338 e. The van der Waals surface area contributed by atoms with Gasteiger partial charge in [-0.25, -0.2) is 4.79 Å². The third kappa shape index (κ3) is 3.50. The molecule has 2 heterocycles. The van der Waals surface area contributed by atoms with E-state index in [2.05, 4.69) is 4.90 Å². The summed E-state index contributed by atoms with van der Waals surface area (Å²) >= 11 is 11.8. The highest BCUT2D eigenvalue weighted by Crippen LogP contribution is 2.36. The number of nitrogens with zero attached hydrogens (tertiary/aromatic N) is 1. The zero-order valence-corrected chi connectivity index (χ0v) is 14.1. The zero-order chi connectivity index (χ0) is 15.0. The summed E-state index contributed by atoms with van der Waals surface area (Å²) < 4.78 is 5.60. The third-order valence-corrected chi connectivity index (χ3v) is 4.70. The number of rotatable bonds is 3. The fraction of sp³-hybridized carbons (Fsp3) is 0.467. The third-order valence-electron chi connectivity index (χ3n) is 4.27. The summed E-state index contributed by atoms with van der Waals surface area (Å²) in [6, 6.07) is 5.36. The predicted molar refractivity (Wildman–Crippen MR) is 89.6 cm³/mol. The molecule has 0 saturated carbocycles. The van der Waals surface area contributed by atoms with Crippen molar-refractivity contribution in [2.45, 2.75) is 43.9 Å². The van der Waals surface area contributed by atoms with Crippen LogP contribution >= 0.6 is 35.6 Å². The van der Waals surface area contributed by atoms with E-state index in [0.717, 1.165) is 25.7 Å². The van der Waals surface area contributed by atoms with Crippen molar-refractivity contribution in [1.82, 2.24) is 4.90 Å². The number of halogens is 3. The number of fused-ring (bicyclic) bond motifs is 2. The van der Waals surface area contributed by atoms with Gasteiger partial charge in [0.15, 0.2) is 0 Å². The van der Waals surface area contributed by atoms with Crippen LogP contribution in [0.4, 0.5) is 0 Å². The Balaban J connectivity index is 0.00000176. The Kier molecular flexibility index (Phi) is 5.59. The highest BCUT2D eigenvalue weighted by molar-refractivity contribution is 6.35. The number of esters is 1. The summed E-state index contributed by atoms with van der Waals surface area (Å²) in [5, 5.41) is 8.30. The van der Waals surface area contributed by atoms with Crippen molar-refractivity contribution in [3.8, 4) is 0 Å². The topological polar surface area (TPSA) is 53.4 Å². The van der Waals surface area contributed by atoms with Gasteiger partial charge < -0.3 is 9.64 Å². The van der Waals surface area contributed by atoms with Crippen LogP contribution < -0.4 is 0 Å². The molecule has 0 spiro atoms. The van der Waals surface area contributed by atoms with Gasteiger partial charge in [-0.15, -0.1) is 12.4 Å². The maximum absolute atomic E-state index is 12.2. The second-order valence-electron chi connectivity index (χ2n) is 5.62. The van der Waals surface area contributed by atoms with Crippen molar-refractivity contribution in [2.24, 2.45) is 0 Å². The molecule has 4 nitrogen and oxygen atoms in total. The lowest BCUT2D eigenvalue weighted by molar-refractivity contribution is 0.00708. The van der Waals surface area contributed by atoms with Crippen LogP contribution in [0.25, 0.3) is 0 Å². The Morgan fingerprint density at radius 3 is 2.23 bits per heavy atom. The van der Waals surface area contributed by atoms with Crippen molar-refractivity contribution in [1.29, 1.82) is 5.41 Å². The Morgan fingerprint density at radius 2 is 1.73 bits per heavy atom. The first kappa shape index (κ1) is 17.4. The van der Waals surface area contributed by atoms with Crippen molar-refractivity contribution in [3.63, 3.8) is 0 Å². The van der Waals surface area contributed by atoms with Gasteiger partial charge in [-0.1, -0.05) is 23.2 Å². The zero-order valence-electron chi connectivity index (χ0n) is 11.8. The molecule has 0 aromatic heterocycles. The largest absolute Gasteiger partial charge is 0.459 e. The van der Waals surface area contributed by atoms with Crippen LogP contribution in [0.1, 0.15) is 36.0 Å². The standard InChI is InChI=1S/C15H16Cl2N2O2.ClH/c16-10-3-9(4-11(17)5-10)15(20)21-14-6-12-1-2-13(7-14)19(12)8-18;/h3-5,8,12-14,18H,1-2,6-7H2;1H. The number of hydrogen-bond acceptors (Lipinski definition) is 3. The van der Waals surface area contributed by atoms with Crippen LogP contribution in [-0.2, 0) is 4.74 Å². The molecule has 2 aliphatic heterocycles. The Hall–Kier alpha value is -0.970. The monoisotopic (exact) mass is 362 g/mol. The van der Waals surface area contributed by atoms with E-state index in [4.69, 9.17) is 33.3 Å². The molecule has 2 aliphatic rings. The number of hydrogen-bond donors (Lipinski definition) is 1. The van der Waals surface area contributed by atoms with E-state index in [1.165, 1.54) is 6.34 Å². The molecule has 22 heavy (non-hydrogen) atoms. The first-order valence-corrected chi connectivity index (χ1v) is 7.77. The van der Waals surface area contributed by atoms with Crippen LogP contribution in [0.3, 0.4) is 0 Å². The number of carbonyl (C=O) groups excluding carboxylic acids is 1. The lowest BCUT2D eigenvalue weighted by atomic mass is 10.0. The van der Waals surface area contributed by atoms with Crippen LogP contribution in [0, 0.1) is 5.41 Å². The second-order valence-corrected chi connectivity index (χ2v) is 6.49. The van der Waals surface area contributed by atoms with E-state index in [1.54, 1.807) is 18.2 Å². The van der Waals surface area contributed by atoms with Crippen molar-refractivity contribution in [3.05, 3.63) is 33.8 Å². The van der Waals surface area contributed by atoms with E-state index in [1.807, 2.05) is 0 Å². The van der Waals surface area contributed by atoms with Crippen molar-refractivity contribution >= 4 is 47.9 Å². The molecule has 2 fully saturated rings. The minimum Gasteiger partial charge on any atom is -0.459 e. The Morgan fingerprint density at radius 1 is 1.18 bits per heavy atom. The molecular formula is C15H17Cl3N2O2. The molecule has 3 rings (SSSR count). The lowest BCUT2D eigenvalue weighted by Crippen LogP contribution is -2.44. The van der Waals surface area contributed by atoms with Gasteiger partial charge in [-0.3, -0.25) is 5.41 Å². The van der Waals surface area contributed by atoms with Gasteiger partial charge in [0.05, 0.1) is 11.9 Å². The molecule has 0 amide bonds. The van der Waals surface area contributed by atoms with Gasteiger partial charge in [0.1, 0.15) is 6.10 Å². The number of benzene rings is 1. The summed E-state index contributed by atoms with van der Waals surface area (Å²) in [7, 11) is 0. The van der Waals surface area contributed by atoms with E-state index in [-0.39, 0.29) is 24.5 Å². The predicted octanol–water partition coefficient (Wildman–Crippen LogP) is 4.17. The average molecular weight is 364 g/mol. The van der Waals surface area contributed by atoms with E-state index >= 15 is 0 Å². The summed E-state index contributed by atoms with van der Waals surface area (Å²) in [4.78, 5) is 14.3. The molecule has 1 aromatic rings. The van der Waals surface area contributed by atoms with Crippen LogP contribution in [0.15, 0.2) is 18.2 Å². The van der Waals surface area contributed by atoms with Gasteiger partial charge in [-0.2, -0.15) is 0 Å². The van der Waals surface area contributed by atoms with Gasteiger partial charge in [0.25, 0.3) is 0 Å². The lowest BCUT2D eigenvalue weighted by Gasteiger charge is -2.37. The average Bonchev–Trinajstić information content (AvgIpc) is 2.67. The summed E-state index contributed by atoms with van der Waals surface area (Å²) in [5.41, 5.74) is 0.384.